The molecule has 18 heavy (non-hydrogen) atoms. The molecule has 6 heteroatoms. The summed E-state index contributed by atoms with van der Waals surface area (Å²) in [5.74, 6) is -0.780. The number of carboxylic acid groups (broad SMARTS) is 1. The van der Waals surface area contributed by atoms with Gasteiger partial charge in [-0.3, -0.25) is 4.79 Å². The highest BCUT2D eigenvalue weighted by Gasteiger charge is 2.20. The molecule has 1 rings (SSSR count). The molecular formula is C12H14ClNO3S. The topological polar surface area (TPSA) is 66.4 Å². The number of benzene rings is 1. The summed E-state index contributed by atoms with van der Waals surface area (Å²) in [6.45, 7) is 0. The standard InChI is InChI=1S/C12H14ClNO3S/c1-18-6-5-10(12(16)17)14-11(15)8-3-2-4-9(13)7-8/h2-4,7,10H,5-6H2,1H3,(H,14,15)(H,16,17)/t10-/m0/s1. The minimum absolute atomic E-state index is 0.359. The molecule has 0 aliphatic rings. The van der Waals surface area contributed by atoms with Gasteiger partial charge in [-0.05, 0) is 36.6 Å². The molecule has 1 aromatic carbocycles. The summed E-state index contributed by atoms with van der Waals surface area (Å²) in [4.78, 5) is 22.8. The summed E-state index contributed by atoms with van der Waals surface area (Å²) in [6.07, 6.45) is 2.28. The van der Waals surface area contributed by atoms with Gasteiger partial charge in [-0.1, -0.05) is 17.7 Å². The third kappa shape index (κ3) is 4.58. The quantitative estimate of drug-likeness (QED) is 0.842. The zero-order valence-corrected chi connectivity index (χ0v) is 11.4. The lowest BCUT2D eigenvalue weighted by Gasteiger charge is -2.13. The van der Waals surface area contributed by atoms with E-state index in [9.17, 15) is 9.59 Å². The van der Waals surface area contributed by atoms with Crippen molar-refractivity contribution in [1.82, 2.24) is 5.32 Å². The van der Waals surface area contributed by atoms with Crippen LogP contribution < -0.4 is 5.32 Å². The lowest BCUT2D eigenvalue weighted by Crippen LogP contribution is -2.41. The zero-order chi connectivity index (χ0) is 13.5. The van der Waals surface area contributed by atoms with E-state index in [1.165, 1.54) is 17.8 Å². The van der Waals surface area contributed by atoms with Crippen molar-refractivity contribution >= 4 is 35.2 Å². The first-order valence-corrected chi connectivity index (χ1v) is 7.10. The Kier molecular flexibility index (Phi) is 6.01. The SMILES string of the molecule is CSCC[C@H](NC(=O)c1cccc(Cl)c1)C(=O)O. The van der Waals surface area contributed by atoms with Crippen LogP contribution in [0.4, 0.5) is 0 Å². The van der Waals surface area contributed by atoms with Crippen LogP contribution in [0.15, 0.2) is 24.3 Å². The van der Waals surface area contributed by atoms with Crippen molar-refractivity contribution in [3.05, 3.63) is 34.9 Å². The number of halogens is 1. The zero-order valence-electron chi connectivity index (χ0n) is 9.85. The fourth-order valence-corrected chi connectivity index (χ4v) is 2.03. The molecule has 0 radical (unpaired) electrons. The molecule has 0 saturated carbocycles. The second-order valence-electron chi connectivity index (χ2n) is 3.66. The molecule has 0 fully saturated rings. The van der Waals surface area contributed by atoms with Gasteiger partial charge in [0, 0.05) is 10.6 Å². The normalized spacial score (nSPS) is 11.9. The molecule has 0 aliphatic heterocycles. The van der Waals surface area contributed by atoms with Crippen LogP contribution in [-0.4, -0.2) is 35.0 Å². The van der Waals surface area contributed by atoms with Gasteiger partial charge in [0.15, 0.2) is 0 Å². The Morgan fingerprint density at radius 3 is 2.78 bits per heavy atom. The molecule has 0 bridgehead atoms. The van der Waals surface area contributed by atoms with Gasteiger partial charge in [0.2, 0.25) is 0 Å². The fraction of sp³-hybridized carbons (Fsp3) is 0.333. The number of amides is 1. The number of rotatable bonds is 6. The molecule has 0 unspecified atom stereocenters. The Hall–Kier alpha value is -1.20. The molecule has 1 amide bonds. The Bertz CT molecular complexity index is 439. The highest BCUT2D eigenvalue weighted by molar-refractivity contribution is 7.98. The second kappa shape index (κ2) is 7.28. The van der Waals surface area contributed by atoms with E-state index in [0.717, 1.165) is 0 Å². The number of hydrogen-bond donors (Lipinski definition) is 2. The van der Waals surface area contributed by atoms with Crippen molar-refractivity contribution in [3.63, 3.8) is 0 Å². The first-order chi connectivity index (χ1) is 8.54. The molecule has 0 saturated heterocycles. The maximum absolute atomic E-state index is 11.8. The van der Waals surface area contributed by atoms with Crippen LogP contribution >= 0.6 is 23.4 Å². The lowest BCUT2D eigenvalue weighted by molar-refractivity contribution is -0.139. The van der Waals surface area contributed by atoms with Crippen LogP contribution in [0.1, 0.15) is 16.8 Å². The molecule has 0 aliphatic carbocycles. The third-order valence-corrected chi connectivity index (χ3v) is 3.18. The first kappa shape index (κ1) is 14.9. The second-order valence-corrected chi connectivity index (χ2v) is 5.08. The largest absolute Gasteiger partial charge is 0.480 e. The molecule has 2 N–H and O–H groups in total. The van der Waals surface area contributed by atoms with Crippen molar-refractivity contribution in [2.45, 2.75) is 12.5 Å². The van der Waals surface area contributed by atoms with Crippen LogP contribution in [0.5, 0.6) is 0 Å². The summed E-state index contributed by atoms with van der Waals surface area (Å²) in [5.41, 5.74) is 0.359. The Morgan fingerprint density at radius 1 is 1.50 bits per heavy atom. The van der Waals surface area contributed by atoms with Crippen LogP contribution in [0.25, 0.3) is 0 Å². The van der Waals surface area contributed by atoms with Crippen molar-refractivity contribution in [1.29, 1.82) is 0 Å². The van der Waals surface area contributed by atoms with E-state index < -0.39 is 17.9 Å². The van der Waals surface area contributed by atoms with Crippen LogP contribution in [0.3, 0.4) is 0 Å². The first-order valence-electron chi connectivity index (χ1n) is 5.32. The molecule has 1 atom stereocenters. The van der Waals surface area contributed by atoms with E-state index in [1.807, 2.05) is 6.26 Å². The van der Waals surface area contributed by atoms with Gasteiger partial charge in [0.05, 0.1) is 0 Å². The minimum atomic E-state index is -1.03. The van der Waals surface area contributed by atoms with E-state index in [1.54, 1.807) is 18.2 Å². The average Bonchev–Trinajstić information content (AvgIpc) is 2.33. The monoisotopic (exact) mass is 287 g/mol. The summed E-state index contributed by atoms with van der Waals surface area (Å²) in [7, 11) is 0. The van der Waals surface area contributed by atoms with Crippen LogP contribution in [0.2, 0.25) is 5.02 Å². The molecule has 98 valence electrons. The summed E-state index contributed by atoms with van der Waals surface area (Å²) < 4.78 is 0. The van der Waals surface area contributed by atoms with Crippen LogP contribution in [-0.2, 0) is 4.79 Å². The van der Waals surface area contributed by atoms with E-state index >= 15 is 0 Å². The number of aliphatic carboxylic acids is 1. The molecular weight excluding hydrogens is 274 g/mol. The number of carbonyl (C=O) groups excluding carboxylic acids is 1. The highest BCUT2D eigenvalue weighted by Crippen LogP contribution is 2.11. The highest BCUT2D eigenvalue weighted by atomic mass is 35.5. The summed E-state index contributed by atoms with van der Waals surface area (Å²) in [6, 6.07) is 5.53. The molecule has 0 heterocycles. The molecule has 0 aromatic heterocycles. The summed E-state index contributed by atoms with van der Waals surface area (Å²) >= 11 is 7.31. The Morgan fingerprint density at radius 2 is 2.22 bits per heavy atom. The Labute approximate surface area is 115 Å². The maximum atomic E-state index is 11.8. The van der Waals surface area contributed by atoms with Gasteiger partial charge in [0.25, 0.3) is 5.91 Å². The van der Waals surface area contributed by atoms with Gasteiger partial charge < -0.3 is 10.4 Å². The van der Waals surface area contributed by atoms with E-state index in [0.29, 0.717) is 22.8 Å². The van der Waals surface area contributed by atoms with Crippen molar-refractivity contribution in [2.75, 3.05) is 12.0 Å². The lowest BCUT2D eigenvalue weighted by atomic mass is 10.1. The fourth-order valence-electron chi connectivity index (χ4n) is 1.36. The third-order valence-electron chi connectivity index (χ3n) is 2.30. The predicted molar refractivity (Wildman–Crippen MR) is 73.3 cm³/mol. The van der Waals surface area contributed by atoms with Crippen molar-refractivity contribution in [3.8, 4) is 0 Å². The molecule has 4 nitrogen and oxygen atoms in total. The summed E-state index contributed by atoms with van der Waals surface area (Å²) in [5, 5.41) is 11.9. The number of thioether (sulfide) groups is 1. The van der Waals surface area contributed by atoms with Gasteiger partial charge in [-0.2, -0.15) is 11.8 Å². The maximum Gasteiger partial charge on any atom is 0.326 e. The van der Waals surface area contributed by atoms with Gasteiger partial charge in [-0.25, -0.2) is 4.79 Å². The number of nitrogens with one attached hydrogen (secondary N) is 1. The van der Waals surface area contributed by atoms with Gasteiger partial charge in [0.1, 0.15) is 6.04 Å². The Balaban J connectivity index is 2.69. The van der Waals surface area contributed by atoms with E-state index in [-0.39, 0.29) is 0 Å². The van der Waals surface area contributed by atoms with Gasteiger partial charge >= 0.3 is 5.97 Å². The van der Waals surface area contributed by atoms with Crippen LogP contribution in [0, 0.1) is 0 Å². The van der Waals surface area contributed by atoms with E-state index in [2.05, 4.69) is 5.32 Å². The van der Waals surface area contributed by atoms with Crippen molar-refractivity contribution < 1.29 is 14.7 Å². The minimum Gasteiger partial charge on any atom is -0.480 e. The molecule has 1 aromatic rings. The molecule has 0 spiro atoms. The number of carbonyl (C=O) groups is 2. The average molecular weight is 288 g/mol. The predicted octanol–water partition coefficient (Wildman–Crippen LogP) is 2.28. The van der Waals surface area contributed by atoms with Crippen molar-refractivity contribution in [2.24, 2.45) is 0 Å². The number of hydrogen-bond acceptors (Lipinski definition) is 3. The van der Waals surface area contributed by atoms with Gasteiger partial charge in [-0.15, -0.1) is 0 Å². The smallest absolute Gasteiger partial charge is 0.326 e. The van der Waals surface area contributed by atoms with E-state index in [4.69, 9.17) is 16.7 Å². The number of carboxylic acids is 1.